The van der Waals surface area contributed by atoms with Crippen molar-refractivity contribution in [1.29, 1.82) is 5.26 Å². The lowest BCUT2D eigenvalue weighted by atomic mass is 10.1. The molecule has 134 valence electrons. The van der Waals surface area contributed by atoms with Gasteiger partial charge in [-0.1, -0.05) is 30.3 Å². The first kappa shape index (κ1) is 18.0. The first-order chi connectivity index (χ1) is 13.1. The number of Topliss-reactive ketones (excluding diaryl/α,β-unsaturated/α-hetero) is 1. The number of carbonyl (C=O) groups excluding carboxylic acids is 2. The number of rotatable bonds is 5. The topological polar surface area (TPSA) is 88.4 Å². The fraction of sp³-hybridized carbons (Fsp3) is 0.0952. The molecule has 3 rings (SSSR count). The van der Waals surface area contributed by atoms with Crippen molar-refractivity contribution in [1.82, 2.24) is 0 Å². The highest BCUT2D eigenvalue weighted by atomic mass is 16.5. The average molecular weight is 360 g/mol. The molecular formula is C21H16N2O4. The maximum atomic E-state index is 12.7. The van der Waals surface area contributed by atoms with E-state index in [1.807, 2.05) is 24.3 Å². The predicted molar refractivity (Wildman–Crippen MR) is 98.9 cm³/mol. The van der Waals surface area contributed by atoms with Crippen molar-refractivity contribution in [3.8, 4) is 6.07 Å². The lowest BCUT2D eigenvalue weighted by molar-refractivity contribution is -0.139. The third kappa shape index (κ3) is 4.05. The molecule has 1 aliphatic heterocycles. The van der Waals surface area contributed by atoms with Gasteiger partial charge in [0.1, 0.15) is 0 Å². The Kier molecular flexibility index (Phi) is 5.33. The van der Waals surface area contributed by atoms with Gasteiger partial charge in [0.25, 0.3) is 0 Å². The molecule has 1 aliphatic rings. The SMILES string of the molecule is CCOC(=O)C1=C(Nc2ccccc2)OC(=Cc2ccc(C#N)cc2)C1=O. The summed E-state index contributed by atoms with van der Waals surface area (Å²) < 4.78 is 10.6. The fourth-order valence-corrected chi connectivity index (χ4v) is 2.46. The van der Waals surface area contributed by atoms with E-state index in [1.54, 1.807) is 43.3 Å². The van der Waals surface area contributed by atoms with Crippen molar-refractivity contribution < 1.29 is 19.1 Å². The van der Waals surface area contributed by atoms with Gasteiger partial charge in [-0.15, -0.1) is 0 Å². The third-order valence-electron chi connectivity index (χ3n) is 3.74. The van der Waals surface area contributed by atoms with Crippen molar-refractivity contribution in [2.45, 2.75) is 6.92 Å². The molecule has 0 atom stereocenters. The number of esters is 1. The minimum absolute atomic E-state index is 0.00110. The van der Waals surface area contributed by atoms with E-state index in [-0.39, 0.29) is 23.8 Å². The van der Waals surface area contributed by atoms with Gasteiger partial charge in [0, 0.05) is 5.69 Å². The van der Waals surface area contributed by atoms with Gasteiger partial charge in [0.2, 0.25) is 11.7 Å². The summed E-state index contributed by atoms with van der Waals surface area (Å²) in [4.78, 5) is 25.0. The molecule has 0 bridgehead atoms. The molecule has 2 aromatic carbocycles. The van der Waals surface area contributed by atoms with Crippen LogP contribution in [0.1, 0.15) is 18.1 Å². The van der Waals surface area contributed by atoms with Crippen LogP contribution in [0, 0.1) is 11.3 Å². The molecule has 0 saturated carbocycles. The molecule has 0 saturated heterocycles. The number of ketones is 1. The molecule has 0 aliphatic carbocycles. The quantitative estimate of drug-likeness (QED) is 0.499. The Balaban J connectivity index is 1.92. The molecule has 0 unspecified atom stereocenters. The maximum absolute atomic E-state index is 12.7. The fourth-order valence-electron chi connectivity index (χ4n) is 2.46. The van der Waals surface area contributed by atoms with E-state index in [2.05, 4.69) is 5.32 Å². The third-order valence-corrected chi connectivity index (χ3v) is 3.74. The van der Waals surface area contributed by atoms with Crippen molar-refractivity contribution in [3.63, 3.8) is 0 Å². The Morgan fingerprint density at radius 2 is 1.89 bits per heavy atom. The zero-order valence-corrected chi connectivity index (χ0v) is 14.6. The van der Waals surface area contributed by atoms with Gasteiger partial charge in [0.15, 0.2) is 11.3 Å². The summed E-state index contributed by atoms with van der Waals surface area (Å²) >= 11 is 0. The Labute approximate surface area is 156 Å². The standard InChI is InChI=1S/C21H16N2O4/c1-2-26-21(25)18-19(24)17(12-14-8-10-15(13-22)11-9-14)27-20(18)23-16-6-4-3-5-7-16/h3-12,23H,2H2,1H3. The van der Waals surface area contributed by atoms with Crippen molar-refractivity contribution in [3.05, 3.63) is 82.9 Å². The van der Waals surface area contributed by atoms with Gasteiger partial charge in [-0.05, 0) is 42.8 Å². The van der Waals surface area contributed by atoms with Crippen LogP contribution in [0.3, 0.4) is 0 Å². The number of nitrogens with zero attached hydrogens (tertiary/aromatic N) is 1. The molecule has 6 heteroatoms. The van der Waals surface area contributed by atoms with Gasteiger partial charge in [-0.2, -0.15) is 5.26 Å². The smallest absolute Gasteiger partial charge is 0.347 e. The highest BCUT2D eigenvalue weighted by Gasteiger charge is 2.36. The van der Waals surface area contributed by atoms with Gasteiger partial charge >= 0.3 is 5.97 Å². The second-order valence-corrected chi connectivity index (χ2v) is 5.59. The summed E-state index contributed by atoms with van der Waals surface area (Å²) in [5.41, 5.74) is 1.66. The molecule has 1 N–H and O–H groups in total. The van der Waals surface area contributed by atoms with Crippen LogP contribution in [-0.2, 0) is 19.1 Å². The predicted octanol–water partition coefficient (Wildman–Crippen LogP) is 3.39. The van der Waals surface area contributed by atoms with Crippen LogP contribution in [0.5, 0.6) is 0 Å². The summed E-state index contributed by atoms with van der Waals surface area (Å²) in [6.07, 6.45) is 1.52. The van der Waals surface area contributed by atoms with Gasteiger partial charge in [-0.25, -0.2) is 4.79 Å². The highest BCUT2D eigenvalue weighted by Crippen LogP contribution is 2.28. The summed E-state index contributed by atoms with van der Waals surface area (Å²) in [5.74, 6) is -1.27. The lowest BCUT2D eigenvalue weighted by Crippen LogP contribution is -2.16. The zero-order chi connectivity index (χ0) is 19.2. The molecule has 0 amide bonds. The second kappa shape index (κ2) is 8.02. The molecule has 0 fully saturated rings. The number of allylic oxidation sites excluding steroid dienone is 1. The zero-order valence-electron chi connectivity index (χ0n) is 14.6. The van der Waals surface area contributed by atoms with Gasteiger partial charge < -0.3 is 14.8 Å². The van der Waals surface area contributed by atoms with Crippen LogP contribution in [0.25, 0.3) is 6.08 Å². The summed E-state index contributed by atoms with van der Waals surface area (Å²) in [5, 5.41) is 11.8. The Bertz CT molecular complexity index is 967. The van der Waals surface area contributed by atoms with Crippen LogP contribution in [0.15, 0.2) is 71.8 Å². The van der Waals surface area contributed by atoms with E-state index < -0.39 is 11.8 Å². The van der Waals surface area contributed by atoms with Crippen LogP contribution < -0.4 is 5.32 Å². The van der Waals surface area contributed by atoms with E-state index in [0.717, 1.165) is 0 Å². The van der Waals surface area contributed by atoms with Crippen LogP contribution in [0.2, 0.25) is 0 Å². The Hall–Kier alpha value is -3.85. The van der Waals surface area contributed by atoms with E-state index in [0.29, 0.717) is 16.8 Å². The van der Waals surface area contributed by atoms with E-state index in [4.69, 9.17) is 14.7 Å². The molecule has 27 heavy (non-hydrogen) atoms. The molecule has 0 aromatic heterocycles. The average Bonchev–Trinajstić information content (AvgIpc) is 2.98. The van der Waals surface area contributed by atoms with Crippen LogP contribution in [0.4, 0.5) is 5.69 Å². The molecule has 0 spiro atoms. The first-order valence-corrected chi connectivity index (χ1v) is 8.30. The molecule has 0 radical (unpaired) electrons. The van der Waals surface area contributed by atoms with Crippen molar-refractivity contribution in [2.24, 2.45) is 0 Å². The lowest BCUT2D eigenvalue weighted by Gasteiger charge is -2.08. The summed E-state index contributed by atoms with van der Waals surface area (Å²) in [6, 6.07) is 17.7. The second-order valence-electron chi connectivity index (χ2n) is 5.59. The Morgan fingerprint density at radius 1 is 1.19 bits per heavy atom. The molecule has 6 nitrogen and oxygen atoms in total. The number of para-hydroxylation sites is 1. The van der Waals surface area contributed by atoms with E-state index >= 15 is 0 Å². The summed E-state index contributed by atoms with van der Waals surface area (Å²) in [6.45, 7) is 1.81. The van der Waals surface area contributed by atoms with Gasteiger partial charge in [0.05, 0.1) is 18.2 Å². The highest BCUT2D eigenvalue weighted by molar-refractivity contribution is 6.26. The number of hydrogen-bond donors (Lipinski definition) is 1. The van der Waals surface area contributed by atoms with Crippen LogP contribution >= 0.6 is 0 Å². The Morgan fingerprint density at radius 3 is 2.52 bits per heavy atom. The minimum Gasteiger partial charge on any atom is -0.462 e. The number of hydrogen-bond acceptors (Lipinski definition) is 6. The number of anilines is 1. The largest absolute Gasteiger partial charge is 0.462 e. The molecular weight excluding hydrogens is 344 g/mol. The van der Waals surface area contributed by atoms with Crippen molar-refractivity contribution >= 4 is 23.5 Å². The number of nitriles is 1. The summed E-state index contributed by atoms with van der Waals surface area (Å²) in [7, 11) is 0. The first-order valence-electron chi connectivity index (χ1n) is 8.30. The van der Waals surface area contributed by atoms with E-state index in [1.165, 1.54) is 6.08 Å². The van der Waals surface area contributed by atoms with E-state index in [9.17, 15) is 9.59 Å². The molecule has 1 heterocycles. The van der Waals surface area contributed by atoms with Crippen molar-refractivity contribution in [2.75, 3.05) is 11.9 Å². The normalized spacial score (nSPS) is 14.7. The number of nitrogens with one attached hydrogen (secondary N) is 1. The number of ether oxygens (including phenoxy) is 2. The number of benzene rings is 2. The minimum atomic E-state index is -0.746. The molecule has 2 aromatic rings. The van der Waals surface area contributed by atoms with Gasteiger partial charge in [-0.3, -0.25) is 4.79 Å². The van der Waals surface area contributed by atoms with Crippen LogP contribution in [-0.4, -0.2) is 18.4 Å². The maximum Gasteiger partial charge on any atom is 0.347 e. The number of carbonyl (C=O) groups is 2. The monoisotopic (exact) mass is 360 g/mol.